The zero-order valence-electron chi connectivity index (χ0n) is 23.7. The Kier molecular flexibility index (Phi) is 12.8. The van der Waals surface area contributed by atoms with Gasteiger partial charge in [0.05, 0.1) is 31.8 Å². The van der Waals surface area contributed by atoms with Gasteiger partial charge >= 0.3 is 11.6 Å². The number of methoxy groups -OCH3 is 1. The van der Waals surface area contributed by atoms with Crippen molar-refractivity contribution >= 4 is 16.9 Å². The quantitative estimate of drug-likeness (QED) is 0.121. The maximum absolute atomic E-state index is 12.6. The van der Waals surface area contributed by atoms with Gasteiger partial charge in [-0.25, -0.2) is 9.78 Å². The summed E-state index contributed by atoms with van der Waals surface area (Å²) in [6.45, 7) is 5.07. The number of carbonyl (C=O) groups is 1. The molecule has 1 aromatic carbocycles. The van der Waals surface area contributed by atoms with Gasteiger partial charge in [-0.2, -0.15) is 0 Å². The topological polar surface area (TPSA) is 87.9 Å². The molecule has 0 aliphatic heterocycles. The number of rotatable bonds is 18. The maximum Gasteiger partial charge on any atom is 0.344 e. The third-order valence-corrected chi connectivity index (χ3v) is 7.04. The van der Waals surface area contributed by atoms with Crippen molar-refractivity contribution in [2.45, 2.75) is 84.5 Å². The van der Waals surface area contributed by atoms with Gasteiger partial charge in [-0.1, -0.05) is 77.3 Å². The van der Waals surface area contributed by atoms with Crippen LogP contribution < -0.4 is 15.1 Å². The predicted octanol–water partition coefficient (Wildman–Crippen LogP) is 7.73. The lowest BCUT2D eigenvalue weighted by molar-refractivity contribution is -0.148. The molecule has 2 aromatic heterocycles. The monoisotopic (exact) mass is 537 g/mol. The number of nitrogens with zero attached hydrogens (tertiary/aromatic N) is 1. The summed E-state index contributed by atoms with van der Waals surface area (Å²) in [5.74, 6) is 1.15. The molecule has 0 saturated heterocycles. The van der Waals surface area contributed by atoms with E-state index in [1.807, 2.05) is 38.1 Å². The Morgan fingerprint density at radius 1 is 0.897 bits per heavy atom. The lowest BCUT2D eigenvalue weighted by atomic mass is 10.1. The van der Waals surface area contributed by atoms with Crippen LogP contribution in [0.2, 0.25) is 0 Å². The van der Waals surface area contributed by atoms with Crippen molar-refractivity contribution in [2.75, 3.05) is 20.3 Å². The molecule has 212 valence electrons. The van der Waals surface area contributed by atoms with Crippen LogP contribution in [0.5, 0.6) is 11.6 Å². The van der Waals surface area contributed by atoms with Crippen LogP contribution in [0.25, 0.3) is 22.1 Å². The van der Waals surface area contributed by atoms with E-state index in [9.17, 15) is 9.59 Å². The van der Waals surface area contributed by atoms with Gasteiger partial charge in [-0.05, 0) is 43.0 Å². The summed E-state index contributed by atoms with van der Waals surface area (Å²) >= 11 is 0. The minimum absolute atomic E-state index is 0.0108. The summed E-state index contributed by atoms with van der Waals surface area (Å²) in [7, 11) is 1.61. The molecule has 3 aromatic rings. The lowest BCUT2D eigenvalue weighted by Crippen LogP contribution is -2.14. The van der Waals surface area contributed by atoms with E-state index in [1.165, 1.54) is 38.5 Å². The smallest absolute Gasteiger partial charge is 0.344 e. The van der Waals surface area contributed by atoms with Crippen LogP contribution in [-0.4, -0.2) is 31.3 Å². The van der Waals surface area contributed by atoms with Crippen molar-refractivity contribution in [3.63, 3.8) is 0 Å². The van der Waals surface area contributed by atoms with E-state index >= 15 is 0 Å². The fourth-order valence-electron chi connectivity index (χ4n) is 4.32. The molecule has 1 atom stereocenters. The van der Waals surface area contributed by atoms with Crippen LogP contribution in [0.4, 0.5) is 0 Å². The summed E-state index contributed by atoms with van der Waals surface area (Å²) in [6.07, 6.45) is 14.1. The molecule has 0 bridgehead atoms. The normalized spacial score (nSPS) is 11.9. The van der Waals surface area contributed by atoms with Gasteiger partial charge in [0.25, 0.3) is 0 Å². The highest BCUT2D eigenvalue weighted by Crippen LogP contribution is 2.24. The molecule has 3 rings (SSSR count). The highest BCUT2D eigenvalue weighted by atomic mass is 16.5. The molecule has 7 nitrogen and oxygen atoms in total. The average molecular weight is 538 g/mol. The molecule has 0 fully saturated rings. The number of hydrogen-bond donors (Lipinski definition) is 0. The molecule has 39 heavy (non-hydrogen) atoms. The first kappa shape index (κ1) is 30.2. The van der Waals surface area contributed by atoms with E-state index in [2.05, 4.69) is 4.98 Å². The Balaban J connectivity index is 1.26. The van der Waals surface area contributed by atoms with Gasteiger partial charge < -0.3 is 18.6 Å². The van der Waals surface area contributed by atoms with Gasteiger partial charge in [0.2, 0.25) is 5.88 Å². The third kappa shape index (κ3) is 10.0. The zero-order valence-corrected chi connectivity index (χ0v) is 23.7. The number of esters is 1. The second kappa shape index (κ2) is 16.6. The van der Waals surface area contributed by atoms with E-state index in [4.69, 9.17) is 18.6 Å². The average Bonchev–Trinajstić information content (AvgIpc) is 2.96. The van der Waals surface area contributed by atoms with Crippen LogP contribution in [0.15, 0.2) is 51.8 Å². The molecule has 0 spiro atoms. The maximum atomic E-state index is 12.6. The fraction of sp³-hybridized carbons (Fsp3) is 0.531. The van der Waals surface area contributed by atoms with E-state index in [0.717, 1.165) is 48.8 Å². The van der Waals surface area contributed by atoms with Crippen LogP contribution in [0, 0.1) is 5.92 Å². The molecular formula is C32H43NO6. The zero-order chi connectivity index (χ0) is 27.9. The SMILES string of the molecule is CCC(C)C(=O)OCCCCCCCCCCCCOc1cc2oc(=O)c(-c3ccc(OC)cc3)cc2cn1. The number of ether oxygens (including phenoxy) is 3. The van der Waals surface area contributed by atoms with Gasteiger partial charge in [0.1, 0.15) is 11.3 Å². The Morgan fingerprint density at radius 3 is 2.13 bits per heavy atom. The minimum Gasteiger partial charge on any atom is -0.497 e. The Bertz CT molecular complexity index is 1200. The highest BCUT2D eigenvalue weighted by molar-refractivity contribution is 5.81. The summed E-state index contributed by atoms with van der Waals surface area (Å²) in [4.78, 5) is 28.6. The number of carbonyl (C=O) groups excluding carboxylic acids is 1. The second-order valence-corrected chi connectivity index (χ2v) is 10.1. The Hall–Kier alpha value is -3.35. The Labute approximate surface area is 231 Å². The first-order chi connectivity index (χ1) is 19.0. The lowest BCUT2D eigenvalue weighted by Gasteiger charge is -2.09. The van der Waals surface area contributed by atoms with Crippen molar-refractivity contribution < 1.29 is 23.4 Å². The van der Waals surface area contributed by atoms with Gasteiger partial charge in [0, 0.05) is 17.6 Å². The van der Waals surface area contributed by atoms with Crippen LogP contribution in [0.3, 0.4) is 0 Å². The van der Waals surface area contributed by atoms with Crippen molar-refractivity contribution in [2.24, 2.45) is 5.92 Å². The molecule has 0 N–H and O–H groups in total. The van der Waals surface area contributed by atoms with E-state index < -0.39 is 5.63 Å². The predicted molar refractivity (Wildman–Crippen MR) is 154 cm³/mol. The van der Waals surface area contributed by atoms with Crippen LogP contribution in [-0.2, 0) is 9.53 Å². The summed E-state index contributed by atoms with van der Waals surface area (Å²) < 4.78 is 21.8. The first-order valence-electron chi connectivity index (χ1n) is 14.4. The molecule has 0 radical (unpaired) electrons. The van der Waals surface area contributed by atoms with Crippen molar-refractivity contribution in [1.29, 1.82) is 0 Å². The third-order valence-electron chi connectivity index (χ3n) is 7.04. The minimum atomic E-state index is -0.396. The Morgan fingerprint density at radius 2 is 1.51 bits per heavy atom. The standard InChI is InChI=1S/C32H43NO6/c1-4-24(2)31(34)38-20-14-12-10-8-6-5-7-9-11-13-19-37-30-22-29-26(23-33-30)21-28(32(35)39-29)25-15-17-27(36-3)18-16-25/h15-18,21-24H,4-14,19-20H2,1-3H3. The molecule has 0 aliphatic carbocycles. The number of aromatic nitrogens is 1. The van der Waals surface area contributed by atoms with Crippen molar-refractivity contribution in [1.82, 2.24) is 4.98 Å². The summed E-state index contributed by atoms with van der Waals surface area (Å²) in [5.41, 5.74) is 1.32. The molecule has 7 heteroatoms. The van der Waals surface area contributed by atoms with Gasteiger partial charge in [0.15, 0.2) is 0 Å². The first-order valence-corrected chi connectivity index (χ1v) is 14.4. The largest absolute Gasteiger partial charge is 0.497 e. The van der Waals surface area contributed by atoms with Crippen LogP contribution >= 0.6 is 0 Å². The van der Waals surface area contributed by atoms with Crippen molar-refractivity contribution in [3.05, 3.63) is 53.0 Å². The van der Waals surface area contributed by atoms with E-state index in [0.29, 0.717) is 30.2 Å². The highest BCUT2D eigenvalue weighted by Gasteiger charge is 2.11. The van der Waals surface area contributed by atoms with E-state index in [1.54, 1.807) is 25.4 Å². The summed E-state index contributed by atoms with van der Waals surface area (Å²) in [6, 6.07) is 10.8. The molecule has 1 unspecified atom stereocenters. The fourth-order valence-corrected chi connectivity index (χ4v) is 4.32. The number of unbranched alkanes of at least 4 members (excludes halogenated alkanes) is 9. The number of hydrogen-bond acceptors (Lipinski definition) is 7. The second-order valence-electron chi connectivity index (χ2n) is 10.1. The molecule has 2 heterocycles. The van der Waals surface area contributed by atoms with Gasteiger partial charge in [-0.15, -0.1) is 0 Å². The number of benzene rings is 1. The number of pyridine rings is 1. The molecule has 0 saturated carbocycles. The van der Waals surface area contributed by atoms with Gasteiger partial charge in [-0.3, -0.25) is 4.79 Å². The molecule has 0 aliphatic rings. The molecule has 0 amide bonds. The van der Waals surface area contributed by atoms with Crippen LogP contribution in [0.1, 0.15) is 84.5 Å². The van der Waals surface area contributed by atoms with E-state index in [-0.39, 0.29) is 11.9 Å². The number of fused-ring (bicyclic) bond motifs is 1. The summed E-state index contributed by atoms with van der Waals surface area (Å²) in [5, 5.41) is 0.748. The van der Waals surface area contributed by atoms with Crippen molar-refractivity contribution in [3.8, 4) is 22.8 Å². The molecular weight excluding hydrogens is 494 g/mol.